The fourth-order valence-corrected chi connectivity index (χ4v) is 2.18. The molecule has 0 radical (unpaired) electrons. The number of carbonyl (C=O) groups excluding carboxylic acids is 2. The van der Waals surface area contributed by atoms with Crippen LogP contribution in [0.5, 0.6) is 0 Å². The fourth-order valence-electron chi connectivity index (χ4n) is 2.18. The van der Waals surface area contributed by atoms with Crippen molar-refractivity contribution in [2.45, 2.75) is 27.2 Å². The number of nitro benzene ring substituents is 1. The minimum Gasteiger partial charge on any atom is -0.455 e. The van der Waals surface area contributed by atoms with E-state index in [1.54, 1.807) is 19.9 Å². The van der Waals surface area contributed by atoms with E-state index in [1.165, 1.54) is 6.07 Å². The third kappa shape index (κ3) is 3.41. The summed E-state index contributed by atoms with van der Waals surface area (Å²) in [6.45, 7) is 4.98. The van der Waals surface area contributed by atoms with E-state index in [0.29, 0.717) is 11.5 Å². The smallest absolute Gasteiger partial charge is 0.309 e. The maximum absolute atomic E-state index is 11.9. The van der Waals surface area contributed by atoms with Gasteiger partial charge >= 0.3 is 5.97 Å². The van der Waals surface area contributed by atoms with Crippen molar-refractivity contribution >= 4 is 23.3 Å². The molecule has 118 valence electrons. The van der Waals surface area contributed by atoms with Gasteiger partial charge in [0.1, 0.15) is 5.69 Å². The first-order chi connectivity index (χ1) is 10.3. The highest BCUT2D eigenvalue weighted by atomic mass is 16.6. The number of esters is 1. The maximum atomic E-state index is 11.9. The van der Waals surface area contributed by atoms with Gasteiger partial charge in [0, 0.05) is 6.07 Å². The number of amides is 1. The Kier molecular flexibility index (Phi) is 4.44. The average molecular weight is 306 g/mol. The van der Waals surface area contributed by atoms with Crippen molar-refractivity contribution in [2.75, 3.05) is 11.9 Å². The molecule has 1 aromatic carbocycles. The minimum atomic E-state index is -0.585. The molecule has 22 heavy (non-hydrogen) atoms. The Morgan fingerprint density at radius 1 is 1.41 bits per heavy atom. The Hall–Kier alpha value is -2.44. The molecule has 0 aromatic heterocycles. The van der Waals surface area contributed by atoms with Crippen molar-refractivity contribution in [3.8, 4) is 0 Å². The molecule has 0 aliphatic heterocycles. The fraction of sp³-hybridized carbons (Fsp3) is 0.467. The molecule has 1 aromatic rings. The predicted molar refractivity (Wildman–Crippen MR) is 79.4 cm³/mol. The summed E-state index contributed by atoms with van der Waals surface area (Å²) in [6.07, 6.45) is 0.781. The van der Waals surface area contributed by atoms with Crippen LogP contribution in [0.3, 0.4) is 0 Å². The molecule has 7 nitrogen and oxygen atoms in total. The van der Waals surface area contributed by atoms with Crippen molar-refractivity contribution in [3.63, 3.8) is 0 Å². The highest BCUT2D eigenvalue weighted by molar-refractivity contribution is 5.96. The van der Waals surface area contributed by atoms with Crippen LogP contribution in [0, 0.1) is 35.8 Å². The van der Waals surface area contributed by atoms with Crippen molar-refractivity contribution < 1.29 is 19.2 Å². The van der Waals surface area contributed by atoms with Gasteiger partial charge in [-0.3, -0.25) is 19.7 Å². The maximum Gasteiger partial charge on any atom is 0.309 e. The van der Waals surface area contributed by atoms with E-state index < -0.39 is 23.4 Å². The average Bonchev–Trinajstić information content (AvgIpc) is 3.18. The van der Waals surface area contributed by atoms with E-state index in [2.05, 4.69) is 5.32 Å². The van der Waals surface area contributed by atoms with E-state index in [1.807, 2.05) is 6.92 Å². The standard InChI is InChI=1S/C15H18N2O5/c1-8-4-5-12(17(20)21)14(10(8)3)16-13(18)7-22-15(19)11-6-9(11)2/h4-5,9,11H,6-7H2,1-3H3,(H,16,18)/t9-,11-/m0/s1. The zero-order valence-corrected chi connectivity index (χ0v) is 12.7. The van der Waals surface area contributed by atoms with Gasteiger partial charge in [0.25, 0.3) is 11.6 Å². The third-order valence-electron chi connectivity index (χ3n) is 3.93. The summed E-state index contributed by atoms with van der Waals surface area (Å²) in [5, 5.41) is 13.5. The van der Waals surface area contributed by atoms with Crippen LogP contribution in [0.4, 0.5) is 11.4 Å². The highest BCUT2D eigenvalue weighted by Crippen LogP contribution is 2.38. The van der Waals surface area contributed by atoms with E-state index in [4.69, 9.17) is 4.74 Å². The molecule has 0 bridgehead atoms. The number of nitrogens with zero attached hydrogens (tertiary/aromatic N) is 1. The minimum absolute atomic E-state index is 0.122. The van der Waals surface area contributed by atoms with Crippen LogP contribution < -0.4 is 5.32 Å². The van der Waals surface area contributed by atoms with Crippen molar-refractivity contribution in [1.29, 1.82) is 0 Å². The number of nitrogens with one attached hydrogen (secondary N) is 1. The number of rotatable bonds is 5. The molecule has 0 unspecified atom stereocenters. The summed E-state index contributed by atoms with van der Waals surface area (Å²) in [5.41, 5.74) is 1.40. The van der Waals surface area contributed by atoms with Gasteiger partial charge in [0.2, 0.25) is 0 Å². The molecule has 1 saturated carbocycles. The lowest BCUT2D eigenvalue weighted by Gasteiger charge is -2.11. The highest BCUT2D eigenvalue weighted by Gasteiger charge is 2.40. The van der Waals surface area contributed by atoms with Gasteiger partial charge in [-0.1, -0.05) is 13.0 Å². The monoisotopic (exact) mass is 306 g/mol. The molecule has 1 amide bonds. The van der Waals surface area contributed by atoms with Crippen LogP contribution in [-0.4, -0.2) is 23.4 Å². The second-order valence-electron chi connectivity index (χ2n) is 5.63. The lowest BCUT2D eigenvalue weighted by Crippen LogP contribution is -2.22. The molecule has 0 saturated heterocycles. The van der Waals surface area contributed by atoms with Gasteiger partial charge < -0.3 is 10.1 Å². The molecule has 7 heteroatoms. The Labute approximate surface area is 127 Å². The summed E-state index contributed by atoms with van der Waals surface area (Å²) < 4.78 is 4.92. The van der Waals surface area contributed by atoms with Crippen molar-refractivity contribution in [2.24, 2.45) is 11.8 Å². The van der Waals surface area contributed by atoms with Gasteiger partial charge in [-0.25, -0.2) is 0 Å². The van der Waals surface area contributed by atoms with Gasteiger partial charge in [0.15, 0.2) is 6.61 Å². The first kappa shape index (κ1) is 15.9. The molecule has 1 N–H and O–H groups in total. The first-order valence-corrected chi connectivity index (χ1v) is 7.02. The number of hydrogen-bond donors (Lipinski definition) is 1. The summed E-state index contributed by atoms with van der Waals surface area (Å²) in [5.74, 6) is -0.796. The zero-order chi connectivity index (χ0) is 16.4. The normalized spacial score (nSPS) is 19.4. The Bertz CT molecular complexity index is 641. The van der Waals surface area contributed by atoms with Crippen LogP contribution >= 0.6 is 0 Å². The third-order valence-corrected chi connectivity index (χ3v) is 3.93. The largest absolute Gasteiger partial charge is 0.455 e. The molecule has 2 atom stereocenters. The number of hydrogen-bond acceptors (Lipinski definition) is 5. The lowest BCUT2D eigenvalue weighted by atomic mass is 10.1. The molecule has 1 fully saturated rings. The molecule has 0 spiro atoms. The molecular weight excluding hydrogens is 288 g/mol. The van der Waals surface area contributed by atoms with Gasteiger partial charge in [-0.2, -0.15) is 0 Å². The number of nitro groups is 1. The number of anilines is 1. The summed E-state index contributed by atoms with van der Waals surface area (Å²) in [6, 6.07) is 2.97. The topological polar surface area (TPSA) is 98.5 Å². The quantitative estimate of drug-likeness (QED) is 0.511. The van der Waals surface area contributed by atoms with E-state index in [9.17, 15) is 19.7 Å². The number of carbonyl (C=O) groups is 2. The van der Waals surface area contributed by atoms with Crippen LogP contribution in [-0.2, 0) is 14.3 Å². The Morgan fingerprint density at radius 2 is 2.05 bits per heavy atom. The second-order valence-corrected chi connectivity index (χ2v) is 5.63. The zero-order valence-electron chi connectivity index (χ0n) is 12.7. The molecule has 2 rings (SSSR count). The number of ether oxygens (including phenoxy) is 1. The predicted octanol–water partition coefficient (Wildman–Crippen LogP) is 2.35. The molecule has 0 heterocycles. The molecule has 1 aliphatic carbocycles. The number of benzene rings is 1. The van der Waals surface area contributed by atoms with Gasteiger partial charge in [-0.05, 0) is 37.3 Å². The second kappa shape index (κ2) is 6.13. The van der Waals surface area contributed by atoms with Crippen LogP contribution in [0.2, 0.25) is 0 Å². The summed E-state index contributed by atoms with van der Waals surface area (Å²) in [4.78, 5) is 33.9. The Morgan fingerprint density at radius 3 is 2.59 bits per heavy atom. The van der Waals surface area contributed by atoms with Crippen LogP contribution in [0.1, 0.15) is 24.5 Å². The molecule has 1 aliphatic rings. The van der Waals surface area contributed by atoms with Crippen LogP contribution in [0.15, 0.2) is 12.1 Å². The summed E-state index contributed by atoms with van der Waals surface area (Å²) in [7, 11) is 0. The van der Waals surface area contributed by atoms with E-state index in [0.717, 1.165) is 12.0 Å². The summed E-state index contributed by atoms with van der Waals surface area (Å²) >= 11 is 0. The number of aryl methyl sites for hydroxylation is 1. The van der Waals surface area contributed by atoms with Crippen molar-refractivity contribution in [3.05, 3.63) is 33.4 Å². The van der Waals surface area contributed by atoms with E-state index in [-0.39, 0.29) is 17.3 Å². The van der Waals surface area contributed by atoms with Crippen LogP contribution in [0.25, 0.3) is 0 Å². The van der Waals surface area contributed by atoms with E-state index >= 15 is 0 Å². The lowest BCUT2D eigenvalue weighted by molar-refractivity contribution is -0.384. The molecular formula is C15H18N2O5. The van der Waals surface area contributed by atoms with Gasteiger partial charge in [0.05, 0.1) is 10.8 Å². The SMILES string of the molecule is Cc1ccc([N+](=O)[O-])c(NC(=O)COC(=O)[C@H]2C[C@@H]2C)c1C. The first-order valence-electron chi connectivity index (χ1n) is 7.02. The Balaban J connectivity index is 2.03. The van der Waals surface area contributed by atoms with Gasteiger partial charge in [-0.15, -0.1) is 0 Å². The van der Waals surface area contributed by atoms with Crippen molar-refractivity contribution in [1.82, 2.24) is 0 Å².